The monoisotopic (exact) mass is 550 g/mol. The van der Waals surface area contributed by atoms with E-state index in [0.717, 1.165) is 23.4 Å². The van der Waals surface area contributed by atoms with Gasteiger partial charge in [0, 0.05) is 38.0 Å². The number of benzene rings is 2. The molecule has 0 atom stereocenters. The Balaban J connectivity index is 0.00000289. The minimum absolute atomic E-state index is 0. The first-order valence-corrected chi connectivity index (χ1v) is 9.95. The van der Waals surface area contributed by atoms with Crippen LogP contribution in [0.1, 0.15) is 12.0 Å². The van der Waals surface area contributed by atoms with E-state index in [9.17, 15) is 4.39 Å². The third kappa shape index (κ3) is 6.22. The Morgan fingerprint density at radius 3 is 2.72 bits per heavy atom. The van der Waals surface area contributed by atoms with Crippen molar-refractivity contribution in [2.45, 2.75) is 13.0 Å². The Kier molecular flexibility index (Phi) is 8.48. The second-order valence-electron chi connectivity index (χ2n) is 6.82. The summed E-state index contributed by atoms with van der Waals surface area (Å²) in [5, 5.41) is 6.38. The van der Waals surface area contributed by atoms with Crippen LogP contribution in [0, 0.1) is 5.82 Å². The van der Waals surface area contributed by atoms with Crippen LogP contribution >= 0.6 is 24.0 Å². The van der Waals surface area contributed by atoms with Gasteiger partial charge in [0.05, 0.1) is 19.4 Å². The molecule has 9 heteroatoms. The van der Waals surface area contributed by atoms with Crippen LogP contribution in [0.2, 0.25) is 0 Å². The molecule has 0 saturated heterocycles. The molecule has 168 valence electrons. The van der Waals surface area contributed by atoms with Gasteiger partial charge in [-0.05, 0) is 42.0 Å². The number of pyridine rings is 1. The summed E-state index contributed by atoms with van der Waals surface area (Å²) in [6.45, 7) is 1.65. The minimum atomic E-state index is -0.450. The zero-order valence-electron chi connectivity index (χ0n) is 17.5. The molecule has 0 spiro atoms. The number of aliphatic imine (C=N–C) groups is 1. The topological polar surface area (TPSA) is 77.0 Å². The molecule has 2 N–H and O–H groups in total. The number of hydrogen-bond acceptors (Lipinski definition) is 5. The van der Waals surface area contributed by atoms with Gasteiger partial charge in [0.1, 0.15) is 5.75 Å². The molecule has 2 heterocycles. The van der Waals surface area contributed by atoms with Gasteiger partial charge in [-0.1, -0.05) is 6.07 Å². The van der Waals surface area contributed by atoms with Crippen molar-refractivity contribution in [1.82, 2.24) is 10.3 Å². The molecule has 32 heavy (non-hydrogen) atoms. The Bertz CT molecular complexity index is 1070. The first kappa shape index (κ1) is 23.6. The normalized spacial score (nSPS) is 12.9. The second-order valence-corrected chi connectivity index (χ2v) is 6.82. The van der Waals surface area contributed by atoms with Crippen molar-refractivity contribution in [1.29, 1.82) is 0 Å². The maximum absolute atomic E-state index is 14.4. The van der Waals surface area contributed by atoms with Crippen molar-refractivity contribution in [3.05, 3.63) is 72.3 Å². The Hall–Kier alpha value is -3.08. The summed E-state index contributed by atoms with van der Waals surface area (Å²) < 4.78 is 31.3. The molecule has 4 rings (SSSR count). The van der Waals surface area contributed by atoms with Crippen molar-refractivity contribution in [3.63, 3.8) is 0 Å². The van der Waals surface area contributed by atoms with E-state index >= 15 is 0 Å². The highest BCUT2D eigenvalue weighted by atomic mass is 127. The van der Waals surface area contributed by atoms with E-state index in [1.54, 1.807) is 37.5 Å². The van der Waals surface area contributed by atoms with Crippen molar-refractivity contribution < 1.29 is 18.6 Å². The van der Waals surface area contributed by atoms with Gasteiger partial charge in [0.15, 0.2) is 29.0 Å². The van der Waals surface area contributed by atoms with Crippen LogP contribution in [0.15, 0.2) is 65.9 Å². The predicted molar refractivity (Wildman–Crippen MR) is 132 cm³/mol. The van der Waals surface area contributed by atoms with E-state index in [1.807, 2.05) is 18.2 Å². The summed E-state index contributed by atoms with van der Waals surface area (Å²) in [5.41, 5.74) is 1.56. The molecule has 0 fully saturated rings. The summed E-state index contributed by atoms with van der Waals surface area (Å²) in [6, 6.07) is 13.9. The summed E-state index contributed by atoms with van der Waals surface area (Å²) in [5.74, 6) is 2.15. The van der Waals surface area contributed by atoms with Crippen LogP contribution < -0.4 is 24.8 Å². The molecule has 0 saturated carbocycles. The third-order valence-corrected chi connectivity index (χ3v) is 4.55. The second kappa shape index (κ2) is 11.5. The Morgan fingerprint density at radius 2 is 1.97 bits per heavy atom. The van der Waals surface area contributed by atoms with E-state index in [1.165, 1.54) is 12.3 Å². The van der Waals surface area contributed by atoms with Gasteiger partial charge in [0.2, 0.25) is 0 Å². The number of hydrogen-bond donors (Lipinski definition) is 2. The van der Waals surface area contributed by atoms with Crippen molar-refractivity contribution >= 4 is 35.6 Å². The van der Waals surface area contributed by atoms with Crippen LogP contribution in [0.5, 0.6) is 23.0 Å². The maximum atomic E-state index is 14.4. The SMILES string of the molecule is CN=C(NCc1ccc(Oc2cccnc2)c(F)c1)Nc1ccc2c(c1)OCCCO2.I. The average molecular weight is 550 g/mol. The lowest BCUT2D eigenvalue weighted by Crippen LogP contribution is -2.30. The van der Waals surface area contributed by atoms with Gasteiger partial charge in [-0.15, -0.1) is 24.0 Å². The summed E-state index contributed by atoms with van der Waals surface area (Å²) in [4.78, 5) is 8.18. The fraction of sp³-hybridized carbons (Fsp3) is 0.217. The molecule has 7 nitrogen and oxygen atoms in total. The number of anilines is 1. The maximum Gasteiger partial charge on any atom is 0.195 e. The molecule has 0 unspecified atom stereocenters. The van der Waals surface area contributed by atoms with E-state index in [0.29, 0.717) is 37.2 Å². The van der Waals surface area contributed by atoms with Crippen LogP contribution in [-0.4, -0.2) is 31.2 Å². The van der Waals surface area contributed by atoms with Crippen molar-refractivity contribution in [2.75, 3.05) is 25.6 Å². The lowest BCUT2D eigenvalue weighted by molar-refractivity contribution is 0.297. The van der Waals surface area contributed by atoms with Crippen LogP contribution in [0.4, 0.5) is 10.1 Å². The fourth-order valence-corrected chi connectivity index (χ4v) is 3.01. The number of ether oxygens (including phenoxy) is 3. The molecule has 1 aliphatic rings. The first-order chi connectivity index (χ1) is 15.2. The van der Waals surface area contributed by atoms with Gasteiger partial charge in [-0.25, -0.2) is 4.39 Å². The average Bonchev–Trinajstić information content (AvgIpc) is 3.04. The van der Waals surface area contributed by atoms with Crippen LogP contribution in [0.3, 0.4) is 0 Å². The van der Waals surface area contributed by atoms with Crippen molar-refractivity contribution in [2.24, 2.45) is 4.99 Å². The molecule has 0 bridgehead atoms. The number of nitrogens with one attached hydrogen (secondary N) is 2. The highest BCUT2D eigenvalue weighted by Crippen LogP contribution is 2.32. The molecular weight excluding hydrogens is 526 g/mol. The molecule has 2 aromatic carbocycles. The van der Waals surface area contributed by atoms with E-state index in [4.69, 9.17) is 14.2 Å². The Morgan fingerprint density at radius 1 is 1.12 bits per heavy atom. The number of rotatable bonds is 5. The number of fused-ring (bicyclic) bond motifs is 1. The molecule has 0 aliphatic carbocycles. The molecule has 1 aromatic heterocycles. The lowest BCUT2D eigenvalue weighted by Gasteiger charge is -2.14. The number of nitrogens with zero attached hydrogens (tertiary/aromatic N) is 2. The van der Waals surface area contributed by atoms with Gasteiger partial charge in [0.25, 0.3) is 0 Å². The molecule has 1 aliphatic heterocycles. The van der Waals surface area contributed by atoms with Crippen molar-refractivity contribution in [3.8, 4) is 23.0 Å². The molecular formula is C23H24FIN4O3. The summed E-state index contributed by atoms with van der Waals surface area (Å²) in [7, 11) is 1.67. The largest absolute Gasteiger partial charge is 0.490 e. The summed E-state index contributed by atoms with van der Waals surface area (Å²) in [6.07, 6.45) is 4.01. The lowest BCUT2D eigenvalue weighted by atomic mass is 10.2. The smallest absolute Gasteiger partial charge is 0.195 e. The van der Waals surface area contributed by atoms with Gasteiger partial charge in [-0.3, -0.25) is 9.98 Å². The summed E-state index contributed by atoms with van der Waals surface area (Å²) >= 11 is 0. The number of aromatic nitrogens is 1. The quantitative estimate of drug-likeness (QED) is 0.265. The van der Waals surface area contributed by atoms with Gasteiger partial charge >= 0.3 is 0 Å². The highest BCUT2D eigenvalue weighted by molar-refractivity contribution is 14.0. The molecule has 0 amide bonds. The van der Waals surface area contributed by atoms with Gasteiger partial charge in [-0.2, -0.15) is 0 Å². The van der Waals surface area contributed by atoms with E-state index in [-0.39, 0.29) is 29.7 Å². The van der Waals surface area contributed by atoms with Crippen LogP contribution in [-0.2, 0) is 6.54 Å². The minimum Gasteiger partial charge on any atom is -0.490 e. The zero-order valence-corrected chi connectivity index (χ0v) is 19.8. The van der Waals surface area contributed by atoms with Gasteiger partial charge < -0.3 is 24.8 Å². The third-order valence-electron chi connectivity index (χ3n) is 4.55. The van der Waals surface area contributed by atoms with E-state index in [2.05, 4.69) is 20.6 Å². The highest BCUT2D eigenvalue weighted by Gasteiger charge is 2.12. The first-order valence-electron chi connectivity index (χ1n) is 9.95. The Labute approximate surface area is 203 Å². The number of guanidine groups is 1. The fourth-order valence-electron chi connectivity index (χ4n) is 3.01. The van der Waals surface area contributed by atoms with Crippen LogP contribution in [0.25, 0.3) is 0 Å². The predicted octanol–water partition coefficient (Wildman–Crippen LogP) is 4.98. The zero-order chi connectivity index (χ0) is 21.5. The molecule has 3 aromatic rings. The standard InChI is InChI=1S/C23H23FN4O3.HI/c1-25-23(28-17-6-8-21-22(13-17)30-11-3-10-29-21)27-14-16-5-7-20(19(24)12-16)31-18-4-2-9-26-15-18;/h2,4-9,12-13,15H,3,10-11,14H2,1H3,(H2,25,27,28);1H. The molecule has 0 radical (unpaired) electrons. The number of halogens is 2. The van der Waals surface area contributed by atoms with E-state index < -0.39 is 5.82 Å².